The molecule has 0 heterocycles. The maximum absolute atomic E-state index is 13.2. The van der Waals surface area contributed by atoms with Gasteiger partial charge in [0.1, 0.15) is 5.82 Å². The molecule has 72 valence electrons. The first-order valence-electron chi connectivity index (χ1n) is 4.08. The molecule has 0 spiro atoms. The zero-order chi connectivity index (χ0) is 9.68. The highest BCUT2D eigenvalue weighted by atomic mass is 79.9. The van der Waals surface area contributed by atoms with Crippen LogP contribution in [0.1, 0.15) is 5.56 Å². The van der Waals surface area contributed by atoms with E-state index in [4.69, 9.17) is 5.73 Å². The van der Waals surface area contributed by atoms with Crippen LogP contribution in [0.4, 0.5) is 4.39 Å². The highest BCUT2D eigenvalue weighted by Gasteiger charge is 2.00. The van der Waals surface area contributed by atoms with Crippen LogP contribution in [0.2, 0.25) is 0 Å². The predicted octanol–water partition coefficient (Wildman–Crippen LogP) is 1.64. The number of nitrogens with one attached hydrogen (secondary N) is 1. The summed E-state index contributed by atoms with van der Waals surface area (Å²) in [5.41, 5.74) is 5.95. The van der Waals surface area contributed by atoms with Gasteiger partial charge in [-0.25, -0.2) is 4.39 Å². The molecular formula is C9H12BrFN2. The summed E-state index contributed by atoms with van der Waals surface area (Å²) in [5.74, 6) is -0.195. The third-order valence-electron chi connectivity index (χ3n) is 1.65. The van der Waals surface area contributed by atoms with Crippen molar-refractivity contribution in [1.29, 1.82) is 0 Å². The molecule has 0 unspecified atom stereocenters. The second-order valence-corrected chi connectivity index (χ2v) is 3.62. The minimum atomic E-state index is -0.195. The smallest absolute Gasteiger partial charge is 0.128 e. The quantitative estimate of drug-likeness (QED) is 0.794. The molecule has 1 aromatic rings. The maximum atomic E-state index is 13.2. The highest BCUT2D eigenvalue weighted by molar-refractivity contribution is 9.10. The van der Waals surface area contributed by atoms with Gasteiger partial charge in [0.2, 0.25) is 0 Å². The van der Waals surface area contributed by atoms with Crippen molar-refractivity contribution in [2.45, 2.75) is 6.54 Å². The summed E-state index contributed by atoms with van der Waals surface area (Å²) in [6.07, 6.45) is 0. The van der Waals surface area contributed by atoms with E-state index in [0.717, 1.165) is 4.47 Å². The van der Waals surface area contributed by atoms with Crippen LogP contribution in [0, 0.1) is 5.82 Å². The standard InChI is InChI=1S/C9H12BrFN2/c10-8-2-1-7(9(11)5-8)6-13-4-3-12/h1-2,5,13H,3-4,6,12H2. The van der Waals surface area contributed by atoms with Crippen molar-refractivity contribution >= 4 is 15.9 Å². The lowest BCUT2D eigenvalue weighted by atomic mass is 10.2. The number of halogens is 2. The first-order chi connectivity index (χ1) is 6.24. The van der Waals surface area contributed by atoms with Gasteiger partial charge in [0.25, 0.3) is 0 Å². The van der Waals surface area contributed by atoms with Crippen LogP contribution >= 0.6 is 15.9 Å². The average Bonchev–Trinajstić information content (AvgIpc) is 2.09. The molecule has 0 amide bonds. The Morgan fingerprint density at radius 3 is 2.85 bits per heavy atom. The summed E-state index contributed by atoms with van der Waals surface area (Å²) in [4.78, 5) is 0. The Balaban J connectivity index is 2.56. The van der Waals surface area contributed by atoms with Crippen LogP contribution in [-0.4, -0.2) is 13.1 Å². The average molecular weight is 247 g/mol. The number of rotatable bonds is 4. The minimum absolute atomic E-state index is 0.195. The SMILES string of the molecule is NCCNCc1ccc(Br)cc1F. The van der Waals surface area contributed by atoms with E-state index in [1.54, 1.807) is 6.07 Å². The van der Waals surface area contributed by atoms with E-state index >= 15 is 0 Å². The van der Waals surface area contributed by atoms with E-state index in [9.17, 15) is 4.39 Å². The van der Waals surface area contributed by atoms with Crippen LogP contribution in [0.25, 0.3) is 0 Å². The number of benzene rings is 1. The fourth-order valence-corrected chi connectivity index (χ4v) is 1.32. The molecule has 0 atom stereocenters. The van der Waals surface area contributed by atoms with Gasteiger partial charge in [0.05, 0.1) is 0 Å². The van der Waals surface area contributed by atoms with Gasteiger partial charge in [-0.2, -0.15) is 0 Å². The van der Waals surface area contributed by atoms with E-state index in [1.165, 1.54) is 6.07 Å². The molecule has 1 rings (SSSR count). The maximum Gasteiger partial charge on any atom is 0.128 e. The summed E-state index contributed by atoms with van der Waals surface area (Å²) in [6, 6.07) is 5.03. The first kappa shape index (κ1) is 10.6. The molecular weight excluding hydrogens is 235 g/mol. The van der Waals surface area contributed by atoms with Crippen molar-refractivity contribution in [3.63, 3.8) is 0 Å². The van der Waals surface area contributed by atoms with Gasteiger partial charge in [0, 0.05) is 29.7 Å². The number of nitrogens with two attached hydrogens (primary N) is 1. The Bertz CT molecular complexity index is 278. The van der Waals surface area contributed by atoms with Crippen molar-refractivity contribution in [3.05, 3.63) is 34.1 Å². The molecule has 2 nitrogen and oxygen atoms in total. The lowest BCUT2D eigenvalue weighted by Gasteiger charge is -2.04. The molecule has 0 aromatic heterocycles. The molecule has 0 saturated carbocycles. The lowest BCUT2D eigenvalue weighted by molar-refractivity contribution is 0.589. The minimum Gasteiger partial charge on any atom is -0.329 e. The van der Waals surface area contributed by atoms with Crippen molar-refractivity contribution < 1.29 is 4.39 Å². The number of hydrogen-bond acceptors (Lipinski definition) is 2. The predicted molar refractivity (Wildman–Crippen MR) is 54.9 cm³/mol. The summed E-state index contributed by atoms with van der Waals surface area (Å²) >= 11 is 3.20. The van der Waals surface area contributed by atoms with E-state index in [0.29, 0.717) is 25.2 Å². The number of hydrogen-bond donors (Lipinski definition) is 2. The third kappa shape index (κ3) is 3.42. The van der Waals surface area contributed by atoms with Gasteiger partial charge in [-0.15, -0.1) is 0 Å². The van der Waals surface area contributed by atoms with Crippen molar-refractivity contribution in [2.24, 2.45) is 5.73 Å². The van der Waals surface area contributed by atoms with E-state index in [2.05, 4.69) is 21.2 Å². The molecule has 0 radical (unpaired) electrons. The molecule has 0 saturated heterocycles. The van der Waals surface area contributed by atoms with Crippen LogP contribution in [0.15, 0.2) is 22.7 Å². The normalized spacial score (nSPS) is 10.4. The molecule has 0 bridgehead atoms. The van der Waals surface area contributed by atoms with Gasteiger partial charge in [-0.3, -0.25) is 0 Å². The summed E-state index contributed by atoms with van der Waals surface area (Å²) in [5, 5.41) is 3.03. The summed E-state index contributed by atoms with van der Waals surface area (Å²) < 4.78 is 13.9. The van der Waals surface area contributed by atoms with Gasteiger partial charge in [-0.1, -0.05) is 22.0 Å². The van der Waals surface area contributed by atoms with Crippen LogP contribution in [0.3, 0.4) is 0 Å². The fourth-order valence-electron chi connectivity index (χ4n) is 0.990. The van der Waals surface area contributed by atoms with E-state index in [-0.39, 0.29) is 5.82 Å². The lowest BCUT2D eigenvalue weighted by Crippen LogP contribution is -2.22. The summed E-state index contributed by atoms with van der Waals surface area (Å²) in [6.45, 7) is 1.80. The van der Waals surface area contributed by atoms with Gasteiger partial charge in [0.15, 0.2) is 0 Å². The monoisotopic (exact) mass is 246 g/mol. The second kappa shape index (κ2) is 5.32. The molecule has 3 N–H and O–H groups in total. The van der Waals surface area contributed by atoms with Gasteiger partial charge in [-0.05, 0) is 12.1 Å². The largest absolute Gasteiger partial charge is 0.329 e. The Morgan fingerprint density at radius 1 is 1.46 bits per heavy atom. The molecule has 4 heteroatoms. The Kier molecular flexibility index (Phi) is 4.35. The zero-order valence-electron chi connectivity index (χ0n) is 7.19. The van der Waals surface area contributed by atoms with Gasteiger partial charge >= 0.3 is 0 Å². The van der Waals surface area contributed by atoms with E-state index in [1.807, 2.05) is 6.07 Å². The van der Waals surface area contributed by atoms with Crippen LogP contribution < -0.4 is 11.1 Å². The summed E-state index contributed by atoms with van der Waals surface area (Å²) in [7, 11) is 0. The Hall–Kier alpha value is -0.450. The molecule has 0 aliphatic heterocycles. The van der Waals surface area contributed by atoms with Crippen molar-refractivity contribution in [1.82, 2.24) is 5.32 Å². The second-order valence-electron chi connectivity index (χ2n) is 2.70. The molecule has 0 aliphatic carbocycles. The zero-order valence-corrected chi connectivity index (χ0v) is 8.77. The molecule has 0 aliphatic rings. The molecule has 0 fully saturated rings. The Labute approximate surface area is 85.4 Å². The fraction of sp³-hybridized carbons (Fsp3) is 0.333. The first-order valence-corrected chi connectivity index (χ1v) is 4.88. The van der Waals surface area contributed by atoms with Crippen LogP contribution in [0.5, 0.6) is 0 Å². The topological polar surface area (TPSA) is 38.0 Å². The van der Waals surface area contributed by atoms with Gasteiger partial charge < -0.3 is 11.1 Å². The van der Waals surface area contributed by atoms with E-state index < -0.39 is 0 Å². The molecule has 13 heavy (non-hydrogen) atoms. The van der Waals surface area contributed by atoms with Crippen molar-refractivity contribution in [2.75, 3.05) is 13.1 Å². The highest BCUT2D eigenvalue weighted by Crippen LogP contribution is 2.14. The van der Waals surface area contributed by atoms with Crippen LogP contribution in [-0.2, 0) is 6.54 Å². The Morgan fingerprint density at radius 2 is 2.23 bits per heavy atom. The van der Waals surface area contributed by atoms with Crippen molar-refractivity contribution in [3.8, 4) is 0 Å². The molecule has 1 aromatic carbocycles. The third-order valence-corrected chi connectivity index (χ3v) is 2.14.